The van der Waals surface area contributed by atoms with Crippen LogP contribution >= 0.6 is 0 Å². The molecule has 1 aliphatic heterocycles. The summed E-state index contributed by atoms with van der Waals surface area (Å²) >= 11 is 0. The molecule has 0 radical (unpaired) electrons. The molecule has 94 valence electrons. The average Bonchev–Trinajstić information content (AvgIpc) is 2.99. The number of likely N-dealkylation sites (tertiary alicyclic amines) is 1. The van der Waals surface area contributed by atoms with E-state index >= 15 is 0 Å². The van der Waals surface area contributed by atoms with Crippen LogP contribution in [0.1, 0.15) is 32.1 Å². The summed E-state index contributed by atoms with van der Waals surface area (Å²) in [6.45, 7) is 5.16. The van der Waals surface area contributed by atoms with Gasteiger partial charge in [0.15, 0.2) is 0 Å². The molecule has 1 heterocycles. The van der Waals surface area contributed by atoms with Crippen molar-refractivity contribution in [2.45, 2.75) is 32.1 Å². The maximum absolute atomic E-state index is 8.99. The number of rotatable bonds is 6. The van der Waals surface area contributed by atoms with Crippen LogP contribution in [0.5, 0.6) is 0 Å². The number of aliphatic hydroxyl groups is 1. The Morgan fingerprint density at radius 1 is 1.44 bits per heavy atom. The van der Waals surface area contributed by atoms with Crippen LogP contribution < -0.4 is 5.32 Å². The second-order valence-corrected chi connectivity index (χ2v) is 5.88. The smallest absolute Gasteiger partial charge is 0.0436 e. The van der Waals surface area contributed by atoms with Gasteiger partial charge in [0.2, 0.25) is 0 Å². The van der Waals surface area contributed by atoms with Gasteiger partial charge in [0, 0.05) is 19.7 Å². The van der Waals surface area contributed by atoms with Crippen LogP contribution in [0.3, 0.4) is 0 Å². The number of piperidine rings is 1. The van der Waals surface area contributed by atoms with Crippen LogP contribution in [0.25, 0.3) is 0 Å². The highest BCUT2D eigenvalue weighted by Gasteiger charge is 2.41. The first-order valence-electron chi connectivity index (χ1n) is 6.74. The largest absolute Gasteiger partial charge is 0.396 e. The lowest BCUT2D eigenvalue weighted by Gasteiger charge is -2.30. The molecule has 2 rings (SSSR count). The molecule has 1 unspecified atom stereocenters. The first-order valence-corrected chi connectivity index (χ1v) is 6.74. The molecular formula is C13H26N2O. The van der Waals surface area contributed by atoms with E-state index in [0.717, 1.165) is 25.4 Å². The average molecular weight is 226 g/mol. The van der Waals surface area contributed by atoms with Gasteiger partial charge in [-0.25, -0.2) is 0 Å². The lowest BCUT2D eigenvalue weighted by atomic mass is 9.97. The third-order valence-corrected chi connectivity index (χ3v) is 4.25. The molecule has 1 saturated heterocycles. The van der Waals surface area contributed by atoms with Gasteiger partial charge in [-0.3, -0.25) is 0 Å². The molecule has 2 aliphatic rings. The van der Waals surface area contributed by atoms with Crippen molar-refractivity contribution in [1.82, 2.24) is 10.2 Å². The van der Waals surface area contributed by atoms with Gasteiger partial charge in [0.05, 0.1) is 0 Å². The summed E-state index contributed by atoms with van der Waals surface area (Å²) in [5.41, 5.74) is 0.468. The predicted octanol–water partition coefficient (Wildman–Crippen LogP) is 1.08. The lowest BCUT2D eigenvalue weighted by molar-refractivity contribution is 0.200. The third-order valence-electron chi connectivity index (χ3n) is 4.25. The Hall–Kier alpha value is -0.120. The molecule has 0 aromatic carbocycles. The van der Waals surface area contributed by atoms with Crippen molar-refractivity contribution in [3.63, 3.8) is 0 Å². The van der Waals surface area contributed by atoms with Gasteiger partial charge >= 0.3 is 0 Å². The molecule has 2 fully saturated rings. The van der Waals surface area contributed by atoms with Crippen molar-refractivity contribution >= 4 is 0 Å². The second-order valence-electron chi connectivity index (χ2n) is 5.88. The van der Waals surface area contributed by atoms with E-state index < -0.39 is 0 Å². The summed E-state index contributed by atoms with van der Waals surface area (Å²) in [7, 11) is 2.22. The zero-order chi connectivity index (χ0) is 11.4. The van der Waals surface area contributed by atoms with Gasteiger partial charge in [-0.1, -0.05) is 0 Å². The molecular weight excluding hydrogens is 200 g/mol. The normalized spacial score (nSPS) is 29.2. The van der Waals surface area contributed by atoms with Crippen molar-refractivity contribution in [2.75, 3.05) is 39.8 Å². The highest BCUT2D eigenvalue weighted by molar-refractivity contribution is 4.94. The fourth-order valence-electron chi connectivity index (χ4n) is 2.91. The Kier molecular flexibility index (Phi) is 4.22. The Balaban J connectivity index is 1.60. The fourth-order valence-corrected chi connectivity index (χ4v) is 2.91. The second kappa shape index (κ2) is 5.48. The van der Waals surface area contributed by atoms with Crippen LogP contribution in [0.2, 0.25) is 0 Å². The molecule has 1 aliphatic carbocycles. The van der Waals surface area contributed by atoms with Crippen LogP contribution in [0.4, 0.5) is 0 Å². The molecule has 0 amide bonds. The van der Waals surface area contributed by atoms with Gasteiger partial charge in [-0.15, -0.1) is 0 Å². The maximum Gasteiger partial charge on any atom is 0.0436 e. The summed E-state index contributed by atoms with van der Waals surface area (Å²) in [5.74, 6) is 0.837. The summed E-state index contributed by atoms with van der Waals surface area (Å²) in [6.07, 6.45) is 6.34. The quantitative estimate of drug-likeness (QED) is 0.711. The first kappa shape index (κ1) is 12.3. The van der Waals surface area contributed by atoms with E-state index in [2.05, 4.69) is 17.3 Å². The predicted molar refractivity (Wildman–Crippen MR) is 66.5 cm³/mol. The number of hydrogen-bond donors (Lipinski definition) is 2. The van der Waals surface area contributed by atoms with Gasteiger partial charge in [-0.2, -0.15) is 0 Å². The number of aliphatic hydroxyl groups excluding tert-OH is 1. The van der Waals surface area contributed by atoms with Gasteiger partial charge in [0.25, 0.3) is 0 Å². The van der Waals surface area contributed by atoms with Gasteiger partial charge in [-0.05, 0) is 63.6 Å². The molecule has 1 saturated carbocycles. The minimum absolute atomic E-state index is 0.355. The van der Waals surface area contributed by atoms with E-state index in [9.17, 15) is 0 Å². The van der Waals surface area contributed by atoms with Crippen LogP contribution in [0.15, 0.2) is 0 Å². The van der Waals surface area contributed by atoms with Gasteiger partial charge < -0.3 is 15.3 Å². The number of nitrogens with zero attached hydrogens (tertiary/aromatic N) is 1. The van der Waals surface area contributed by atoms with Crippen molar-refractivity contribution in [1.29, 1.82) is 0 Å². The lowest BCUT2D eigenvalue weighted by Crippen LogP contribution is -2.38. The molecule has 0 aromatic heterocycles. The monoisotopic (exact) mass is 226 g/mol. The number of nitrogens with one attached hydrogen (secondary N) is 1. The Morgan fingerprint density at radius 3 is 2.88 bits per heavy atom. The molecule has 1 atom stereocenters. The third kappa shape index (κ3) is 3.44. The van der Waals surface area contributed by atoms with E-state index in [4.69, 9.17) is 5.11 Å². The van der Waals surface area contributed by atoms with E-state index in [0.29, 0.717) is 12.0 Å². The molecule has 3 nitrogen and oxygen atoms in total. The molecule has 0 spiro atoms. The Bertz CT molecular complexity index is 216. The first-order chi connectivity index (χ1) is 7.74. The molecule has 2 N–H and O–H groups in total. The summed E-state index contributed by atoms with van der Waals surface area (Å²) in [4.78, 5) is 2.44. The summed E-state index contributed by atoms with van der Waals surface area (Å²) in [6, 6.07) is 0. The minimum atomic E-state index is 0.355. The van der Waals surface area contributed by atoms with E-state index in [-0.39, 0.29) is 0 Å². The molecule has 0 bridgehead atoms. The Morgan fingerprint density at radius 2 is 2.25 bits per heavy atom. The van der Waals surface area contributed by atoms with Crippen molar-refractivity contribution in [3.8, 4) is 0 Å². The van der Waals surface area contributed by atoms with Crippen LogP contribution in [-0.2, 0) is 0 Å². The van der Waals surface area contributed by atoms with Crippen molar-refractivity contribution in [3.05, 3.63) is 0 Å². The minimum Gasteiger partial charge on any atom is -0.396 e. The van der Waals surface area contributed by atoms with Crippen LogP contribution in [-0.4, -0.2) is 49.8 Å². The fraction of sp³-hybridized carbons (Fsp3) is 1.00. The highest BCUT2D eigenvalue weighted by Crippen LogP contribution is 2.47. The summed E-state index contributed by atoms with van der Waals surface area (Å²) in [5, 5.41) is 12.6. The zero-order valence-electron chi connectivity index (χ0n) is 10.5. The molecule has 16 heavy (non-hydrogen) atoms. The van der Waals surface area contributed by atoms with E-state index in [1.54, 1.807) is 0 Å². The summed E-state index contributed by atoms with van der Waals surface area (Å²) < 4.78 is 0. The van der Waals surface area contributed by atoms with E-state index in [1.165, 1.54) is 38.8 Å². The molecule has 0 aromatic rings. The van der Waals surface area contributed by atoms with Crippen molar-refractivity contribution < 1.29 is 5.11 Å². The maximum atomic E-state index is 8.99. The zero-order valence-corrected chi connectivity index (χ0v) is 10.5. The van der Waals surface area contributed by atoms with Gasteiger partial charge in [0.1, 0.15) is 0 Å². The van der Waals surface area contributed by atoms with Crippen LogP contribution in [0, 0.1) is 11.3 Å². The Labute approximate surface area is 99.2 Å². The van der Waals surface area contributed by atoms with E-state index in [1.807, 2.05) is 0 Å². The number of hydrogen-bond acceptors (Lipinski definition) is 3. The van der Waals surface area contributed by atoms with Crippen molar-refractivity contribution in [2.24, 2.45) is 11.3 Å². The highest BCUT2D eigenvalue weighted by atomic mass is 16.3. The topological polar surface area (TPSA) is 35.5 Å². The standard InChI is InChI=1S/C13H26N2O/c1-15-7-2-3-12(10-15)9-14-11-13(4-5-13)6-8-16/h12,14,16H,2-11H2,1H3. The molecule has 3 heteroatoms. The SMILES string of the molecule is CN1CCCC(CNCC2(CCO)CC2)C1.